The Labute approximate surface area is 246 Å². The second-order valence-corrected chi connectivity index (χ2v) is 11.0. The molecule has 2 heterocycles. The summed E-state index contributed by atoms with van der Waals surface area (Å²) in [7, 11) is 4.52. The SMILES string of the molecule is COc1cc(CNCC2CSc3c(Cc4c(F)cccc4F)c(C)c(-c4cccc(OC)c4F)c(=O)n32)cc(OC)c1. The molecular weight excluding hydrogens is 565 g/mol. The molecule has 0 saturated heterocycles. The number of aromatic nitrogens is 1. The zero-order valence-electron chi connectivity index (χ0n) is 23.7. The minimum absolute atomic E-state index is 0.000180. The van der Waals surface area contributed by atoms with Crippen LogP contribution in [0.4, 0.5) is 13.2 Å². The first-order chi connectivity index (χ1) is 20.3. The van der Waals surface area contributed by atoms with E-state index in [0.717, 1.165) is 5.56 Å². The lowest BCUT2D eigenvalue weighted by Gasteiger charge is -2.21. The zero-order chi connectivity index (χ0) is 30.0. The normalized spacial score (nSPS) is 14.1. The monoisotopic (exact) mass is 596 g/mol. The number of pyridine rings is 1. The van der Waals surface area contributed by atoms with E-state index in [1.165, 1.54) is 49.2 Å². The number of nitrogens with zero attached hydrogens (tertiary/aromatic N) is 1. The Hall–Kier alpha value is -3.89. The van der Waals surface area contributed by atoms with E-state index in [2.05, 4.69) is 5.32 Å². The van der Waals surface area contributed by atoms with Gasteiger partial charge in [-0.15, -0.1) is 11.8 Å². The number of rotatable bonds is 10. The third-order valence-electron chi connectivity index (χ3n) is 7.50. The van der Waals surface area contributed by atoms with Crippen LogP contribution in [0.5, 0.6) is 17.2 Å². The maximum atomic E-state index is 15.5. The number of thioether (sulfide) groups is 1. The van der Waals surface area contributed by atoms with E-state index >= 15 is 4.39 Å². The summed E-state index contributed by atoms with van der Waals surface area (Å²) < 4.78 is 62.6. The Morgan fingerprint density at radius 1 is 0.929 bits per heavy atom. The molecule has 0 spiro atoms. The van der Waals surface area contributed by atoms with Gasteiger partial charge in [-0.2, -0.15) is 0 Å². The van der Waals surface area contributed by atoms with Crippen LogP contribution in [0.15, 0.2) is 64.4 Å². The quantitative estimate of drug-likeness (QED) is 0.232. The molecule has 1 aliphatic heterocycles. The summed E-state index contributed by atoms with van der Waals surface area (Å²) >= 11 is 1.46. The van der Waals surface area contributed by atoms with Crippen molar-refractivity contribution in [1.29, 1.82) is 0 Å². The largest absolute Gasteiger partial charge is 0.497 e. The van der Waals surface area contributed by atoms with E-state index in [9.17, 15) is 13.6 Å². The molecule has 0 amide bonds. The molecule has 6 nitrogen and oxygen atoms in total. The van der Waals surface area contributed by atoms with Crippen molar-refractivity contribution >= 4 is 11.8 Å². The molecule has 1 aromatic heterocycles. The standard InChI is InChI=1S/C32H31F3N2O4S/c1-18-24(14-25-26(33)8-6-9-27(25)34)32-37(31(38)29(18)23-7-5-10-28(41-4)30(23)35)20(17-42-32)16-36-15-19-11-21(39-2)13-22(12-19)40-3/h5-13,20,36H,14-17H2,1-4H3. The van der Waals surface area contributed by atoms with Gasteiger partial charge in [-0.3, -0.25) is 9.36 Å². The van der Waals surface area contributed by atoms with Crippen molar-refractivity contribution in [3.8, 4) is 28.4 Å². The van der Waals surface area contributed by atoms with Gasteiger partial charge in [0.25, 0.3) is 5.56 Å². The number of methoxy groups -OCH3 is 3. The number of benzene rings is 3. The predicted octanol–water partition coefficient (Wildman–Crippen LogP) is 6.29. The van der Waals surface area contributed by atoms with Crippen LogP contribution >= 0.6 is 11.8 Å². The molecule has 42 heavy (non-hydrogen) atoms. The van der Waals surface area contributed by atoms with Crippen LogP contribution in [-0.2, 0) is 13.0 Å². The summed E-state index contributed by atoms with van der Waals surface area (Å²) in [5, 5.41) is 4.03. The fraction of sp³-hybridized carbons (Fsp3) is 0.281. The molecule has 220 valence electrons. The highest BCUT2D eigenvalue weighted by molar-refractivity contribution is 7.99. The first kappa shape index (κ1) is 29.6. The van der Waals surface area contributed by atoms with Crippen molar-refractivity contribution in [3.63, 3.8) is 0 Å². The van der Waals surface area contributed by atoms with Gasteiger partial charge in [-0.05, 0) is 53.9 Å². The molecule has 10 heteroatoms. The van der Waals surface area contributed by atoms with Gasteiger partial charge in [0, 0.05) is 42.5 Å². The minimum Gasteiger partial charge on any atom is -0.497 e. The molecule has 0 saturated carbocycles. The van der Waals surface area contributed by atoms with Crippen molar-refractivity contribution in [3.05, 3.63) is 105 Å². The fourth-order valence-corrected chi connectivity index (χ4v) is 6.72. The van der Waals surface area contributed by atoms with E-state index in [1.54, 1.807) is 37.8 Å². The van der Waals surface area contributed by atoms with Gasteiger partial charge in [0.05, 0.1) is 38.0 Å². The van der Waals surface area contributed by atoms with Crippen LogP contribution < -0.4 is 25.1 Å². The van der Waals surface area contributed by atoms with Gasteiger partial charge in [-0.1, -0.05) is 18.2 Å². The van der Waals surface area contributed by atoms with E-state index < -0.39 is 17.5 Å². The zero-order valence-corrected chi connectivity index (χ0v) is 24.5. The minimum atomic E-state index is -0.677. The van der Waals surface area contributed by atoms with E-state index in [0.29, 0.717) is 46.5 Å². The summed E-state index contributed by atoms with van der Waals surface area (Å²) in [5.41, 5.74) is 1.75. The Morgan fingerprint density at radius 3 is 2.24 bits per heavy atom. The summed E-state index contributed by atoms with van der Waals surface area (Å²) in [6, 6.07) is 13.6. The first-order valence-corrected chi connectivity index (χ1v) is 14.3. The molecule has 5 rings (SSSR count). The van der Waals surface area contributed by atoms with Crippen LogP contribution in [0, 0.1) is 24.4 Å². The van der Waals surface area contributed by atoms with Crippen molar-refractivity contribution in [1.82, 2.24) is 9.88 Å². The maximum absolute atomic E-state index is 15.5. The van der Waals surface area contributed by atoms with Gasteiger partial charge >= 0.3 is 0 Å². The molecule has 0 radical (unpaired) electrons. The van der Waals surface area contributed by atoms with E-state index in [4.69, 9.17) is 14.2 Å². The average molecular weight is 597 g/mol. The van der Waals surface area contributed by atoms with Crippen LogP contribution in [0.1, 0.15) is 28.3 Å². The summed E-state index contributed by atoms with van der Waals surface area (Å²) in [4.78, 5) is 14.1. The van der Waals surface area contributed by atoms with Crippen LogP contribution in [0.2, 0.25) is 0 Å². The first-order valence-electron chi connectivity index (χ1n) is 13.4. The summed E-state index contributed by atoms with van der Waals surface area (Å²) in [6.07, 6.45) is -0.0880. The van der Waals surface area contributed by atoms with Gasteiger partial charge < -0.3 is 19.5 Å². The van der Waals surface area contributed by atoms with Gasteiger partial charge in [0.2, 0.25) is 0 Å². The molecule has 1 atom stereocenters. The molecular formula is C32H31F3N2O4S. The van der Waals surface area contributed by atoms with E-state index in [1.807, 2.05) is 12.1 Å². The molecule has 4 aromatic rings. The number of nitrogens with one attached hydrogen (secondary N) is 1. The lowest BCUT2D eigenvalue weighted by Crippen LogP contribution is -2.33. The Kier molecular flexibility index (Phi) is 8.84. The third kappa shape index (κ3) is 5.61. The molecule has 3 aromatic carbocycles. The van der Waals surface area contributed by atoms with Crippen molar-refractivity contribution in [2.24, 2.45) is 0 Å². The fourth-order valence-electron chi connectivity index (χ4n) is 5.33. The molecule has 0 fully saturated rings. The second-order valence-electron chi connectivity index (χ2n) is 9.97. The number of halogens is 3. The predicted molar refractivity (Wildman–Crippen MR) is 158 cm³/mol. The highest BCUT2D eigenvalue weighted by Gasteiger charge is 2.32. The molecule has 1 unspecified atom stereocenters. The number of hydrogen-bond donors (Lipinski definition) is 1. The Bertz CT molecular complexity index is 1650. The van der Waals surface area contributed by atoms with Gasteiger partial charge in [0.15, 0.2) is 11.6 Å². The van der Waals surface area contributed by atoms with Crippen molar-refractivity contribution in [2.45, 2.75) is 31.0 Å². The highest BCUT2D eigenvalue weighted by atomic mass is 32.2. The van der Waals surface area contributed by atoms with Gasteiger partial charge in [0.1, 0.15) is 23.1 Å². The van der Waals surface area contributed by atoms with Crippen LogP contribution in [0.25, 0.3) is 11.1 Å². The molecule has 0 bridgehead atoms. The molecule has 1 N–H and O–H groups in total. The second kappa shape index (κ2) is 12.5. The summed E-state index contributed by atoms with van der Waals surface area (Å²) in [5.74, 6) is -0.147. The average Bonchev–Trinajstić information content (AvgIpc) is 3.41. The Balaban J connectivity index is 1.57. The van der Waals surface area contributed by atoms with E-state index in [-0.39, 0.29) is 40.5 Å². The highest BCUT2D eigenvalue weighted by Crippen LogP contribution is 2.40. The van der Waals surface area contributed by atoms with Gasteiger partial charge in [-0.25, -0.2) is 13.2 Å². The van der Waals surface area contributed by atoms with Crippen molar-refractivity contribution < 1.29 is 27.4 Å². The maximum Gasteiger partial charge on any atom is 0.260 e. The smallest absolute Gasteiger partial charge is 0.260 e. The lowest BCUT2D eigenvalue weighted by atomic mass is 9.94. The van der Waals surface area contributed by atoms with Crippen molar-refractivity contribution in [2.75, 3.05) is 33.6 Å². The topological polar surface area (TPSA) is 61.7 Å². The lowest BCUT2D eigenvalue weighted by molar-refractivity contribution is 0.387. The molecule has 0 aliphatic carbocycles. The number of ether oxygens (including phenoxy) is 3. The molecule has 1 aliphatic rings. The Morgan fingerprint density at radius 2 is 1.60 bits per heavy atom. The number of fused-ring (bicyclic) bond motifs is 1. The third-order valence-corrected chi connectivity index (χ3v) is 8.77. The summed E-state index contributed by atoms with van der Waals surface area (Å²) in [6.45, 7) is 2.61. The van der Waals surface area contributed by atoms with Crippen LogP contribution in [0.3, 0.4) is 0 Å². The van der Waals surface area contributed by atoms with Crippen LogP contribution in [-0.4, -0.2) is 38.2 Å². The number of hydrogen-bond acceptors (Lipinski definition) is 6.